The number of nitrogens with zero attached hydrogens (tertiary/aromatic N) is 4. The molecule has 0 saturated carbocycles. The second kappa shape index (κ2) is 10.8. The van der Waals surface area contributed by atoms with Crippen LogP contribution in [-0.4, -0.2) is 84.3 Å². The SMILES string of the molecule is CNC(=O)CC1(C)N=C(c2ccc(OC)c3c(C(=O)C(=O)N4CCN(c5nccc6ccccc56)CC4)c[nH]c23)NN1. The first-order valence-electron chi connectivity index (χ1n) is 13.8. The van der Waals surface area contributed by atoms with Crippen LogP contribution >= 0.6 is 0 Å². The van der Waals surface area contributed by atoms with E-state index in [1.807, 2.05) is 30.3 Å². The molecule has 1 atom stereocenters. The second-order valence-corrected chi connectivity index (χ2v) is 10.6. The lowest BCUT2D eigenvalue weighted by atomic mass is 10.0. The van der Waals surface area contributed by atoms with Gasteiger partial charge in [-0.3, -0.25) is 14.4 Å². The lowest BCUT2D eigenvalue weighted by Gasteiger charge is -2.35. The van der Waals surface area contributed by atoms with E-state index >= 15 is 0 Å². The average molecular weight is 569 g/mol. The van der Waals surface area contributed by atoms with Crippen molar-refractivity contribution in [1.29, 1.82) is 0 Å². The zero-order valence-corrected chi connectivity index (χ0v) is 23.7. The van der Waals surface area contributed by atoms with Crippen LogP contribution in [0.2, 0.25) is 0 Å². The molecule has 2 aliphatic rings. The molecule has 2 aromatic carbocycles. The van der Waals surface area contributed by atoms with Crippen LogP contribution in [0.5, 0.6) is 5.75 Å². The average Bonchev–Trinajstić information content (AvgIpc) is 3.64. The van der Waals surface area contributed by atoms with Crippen LogP contribution in [0, 0.1) is 0 Å². The van der Waals surface area contributed by atoms with Crippen molar-refractivity contribution in [2.45, 2.75) is 19.0 Å². The van der Waals surface area contributed by atoms with Crippen LogP contribution in [0.4, 0.5) is 5.82 Å². The number of rotatable bonds is 7. The molecule has 4 N–H and O–H groups in total. The van der Waals surface area contributed by atoms with Gasteiger partial charge >= 0.3 is 0 Å². The highest BCUT2D eigenvalue weighted by Crippen LogP contribution is 2.33. The third-order valence-corrected chi connectivity index (χ3v) is 7.82. The molecule has 4 aromatic rings. The van der Waals surface area contributed by atoms with Gasteiger partial charge < -0.3 is 30.3 Å². The quantitative estimate of drug-likeness (QED) is 0.196. The van der Waals surface area contributed by atoms with Crippen LogP contribution in [0.1, 0.15) is 29.3 Å². The molecule has 0 aliphatic carbocycles. The maximum atomic E-state index is 13.6. The summed E-state index contributed by atoms with van der Waals surface area (Å²) in [5.74, 6) is 0.501. The van der Waals surface area contributed by atoms with Gasteiger partial charge in [-0.25, -0.2) is 15.4 Å². The molecule has 1 fully saturated rings. The van der Waals surface area contributed by atoms with Gasteiger partial charge in [-0.1, -0.05) is 24.3 Å². The Kier molecular flexibility index (Phi) is 6.99. The van der Waals surface area contributed by atoms with Crippen molar-refractivity contribution in [3.05, 3.63) is 66.0 Å². The number of ether oxygens (including phenoxy) is 1. The number of piperazine rings is 1. The summed E-state index contributed by atoms with van der Waals surface area (Å²) in [5, 5.41) is 5.27. The van der Waals surface area contributed by atoms with Gasteiger partial charge in [-0.15, -0.1) is 0 Å². The van der Waals surface area contributed by atoms with Gasteiger partial charge in [0, 0.05) is 56.6 Å². The first kappa shape index (κ1) is 27.2. The largest absolute Gasteiger partial charge is 0.496 e. The van der Waals surface area contributed by atoms with Crippen LogP contribution in [0.15, 0.2) is 59.9 Å². The van der Waals surface area contributed by atoms with Gasteiger partial charge in [0.1, 0.15) is 23.1 Å². The standard InChI is InChI=1S/C30H32N8O4/c1-30(16-23(39)31-2)34-27(35-36-30)20-8-9-22(42-3)24-21(17-33-25(20)24)26(40)29(41)38-14-12-37(13-15-38)28-19-7-5-4-6-18(19)10-11-32-28/h4-11,17,33,36H,12-16H2,1-3H3,(H,31,39)(H,34,35). The number of methoxy groups -OCH3 is 1. The number of aromatic amines is 1. The number of pyridine rings is 1. The number of carbonyl (C=O) groups excluding carboxylic acids is 3. The van der Waals surface area contributed by atoms with Gasteiger partial charge in [0.25, 0.3) is 11.7 Å². The summed E-state index contributed by atoms with van der Waals surface area (Å²) >= 11 is 0. The Morgan fingerprint density at radius 2 is 1.86 bits per heavy atom. The number of hydrogen-bond donors (Lipinski definition) is 4. The maximum absolute atomic E-state index is 13.6. The Bertz CT molecular complexity index is 1730. The van der Waals surface area contributed by atoms with E-state index in [0.717, 1.165) is 16.6 Å². The fourth-order valence-electron chi connectivity index (χ4n) is 5.61. The van der Waals surface area contributed by atoms with Crippen molar-refractivity contribution in [2.24, 2.45) is 4.99 Å². The van der Waals surface area contributed by atoms with E-state index in [1.54, 1.807) is 37.3 Å². The fourth-order valence-corrected chi connectivity index (χ4v) is 5.61. The number of aromatic nitrogens is 2. The number of anilines is 1. The molecule has 2 amide bonds. The van der Waals surface area contributed by atoms with Gasteiger partial charge in [0.2, 0.25) is 5.91 Å². The monoisotopic (exact) mass is 568 g/mol. The van der Waals surface area contributed by atoms with Crippen molar-refractivity contribution in [3.63, 3.8) is 0 Å². The lowest BCUT2D eigenvalue weighted by Crippen LogP contribution is -2.50. The number of hydrazine groups is 1. The molecule has 1 unspecified atom stereocenters. The Morgan fingerprint density at radius 3 is 2.62 bits per heavy atom. The number of amides is 2. The van der Waals surface area contributed by atoms with Crippen LogP contribution < -0.4 is 25.8 Å². The molecule has 12 heteroatoms. The highest BCUT2D eigenvalue weighted by Gasteiger charge is 2.34. The number of amidine groups is 1. The van der Waals surface area contributed by atoms with E-state index < -0.39 is 17.4 Å². The number of fused-ring (bicyclic) bond motifs is 2. The van der Waals surface area contributed by atoms with E-state index in [1.165, 1.54) is 7.11 Å². The zero-order chi connectivity index (χ0) is 29.4. The molecule has 2 aliphatic heterocycles. The normalized spacial score (nSPS) is 18.6. The van der Waals surface area contributed by atoms with Crippen molar-refractivity contribution >= 4 is 50.9 Å². The van der Waals surface area contributed by atoms with Crippen LogP contribution in [0.3, 0.4) is 0 Å². The number of H-pyrrole nitrogens is 1. The Morgan fingerprint density at radius 1 is 1.07 bits per heavy atom. The van der Waals surface area contributed by atoms with Crippen LogP contribution in [-0.2, 0) is 9.59 Å². The molecule has 2 aromatic heterocycles. The minimum atomic E-state index is -0.855. The van der Waals surface area contributed by atoms with Gasteiger partial charge in [-0.2, -0.15) is 0 Å². The van der Waals surface area contributed by atoms with Crippen molar-refractivity contribution in [2.75, 3.05) is 45.2 Å². The number of Topliss-reactive ketones (excluding diaryl/α,β-unsaturated/α-hetero) is 1. The first-order chi connectivity index (χ1) is 20.3. The Hall–Kier alpha value is -4.97. The predicted molar refractivity (Wildman–Crippen MR) is 160 cm³/mol. The number of aliphatic imine (C=N–C) groups is 1. The summed E-state index contributed by atoms with van der Waals surface area (Å²) in [6.07, 6.45) is 3.47. The van der Waals surface area contributed by atoms with E-state index in [0.29, 0.717) is 54.2 Å². The predicted octanol–water partition coefficient (Wildman–Crippen LogP) is 1.96. The summed E-state index contributed by atoms with van der Waals surface area (Å²) in [7, 11) is 3.10. The van der Waals surface area contributed by atoms with Crippen molar-refractivity contribution in [1.82, 2.24) is 31.0 Å². The van der Waals surface area contributed by atoms with Gasteiger partial charge in [0.15, 0.2) is 0 Å². The second-order valence-electron chi connectivity index (χ2n) is 10.6. The fraction of sp³-hybridized carbons (Fsp3) is 0.300. The summed E-state index contributed by atoms with van der Waals surface area (Å²) in [6, 6.07) is 13.6. The number of benzene rings is 2. The minimum Gasteiger partial charge on any atom is -0.496 e. The highest BCUT2D eigenvalue weighted by atomic mass is 16.5. The van der Waals surface area contributed by atoms with E-state index in [-0.39, 0.29) is 17.9 Å². The number of ketones is 1. The van der Waals surface area contributed by atoms with E-state index in [9.17, 15) is 14.4 Å². The number of hydrogen-bond acceptors (Lipinski definition) is 9. The maximum Gasteiger partial charge on any atom is 0.295 e. The molecule has 1 saturated heterocycles. The highest BCUT2D eigenvalue weighted by molar-refractivity contribution is 6.45. The molecule has 42 heavy (non-hydrogen) atoms. The topological polar surface area (TPSA) is 144 Å². The molecule has 0 spiro atoms. The Labute approximate surface area is 242 Å². The third kappa shape index (κ3) is 4.79. The van der Waals surface area contributed by atoms with Crippen molar-refractivity contribution in [3.8, 4) is 5.75 Å². The molecule has 12 nitrogen and oxygen atoms in total. The first-order valence-corrected chi connectivity index (χ1v) is 13.8. The van der Waals surface area contributed by atoms with Crippen molar-refractivity contribution < 1.29 is 19.1 Å². The lowest BCUT2D eigenvalue weighted by molar-refractivity contribution is -0.126. The molecule has 0 radical (unpaired) electrons. The van der Waals surface area contributed by atoms with Gasteiger partial charge in [0.05, 0.1) is 30.0 Å². The third-order valence-electron chi connectivity index (χ3n) is 7.82. The zero-order valence-electron chi connectivity index (χ0n) is 23.7. The molecule has 4 heterocycles. The molecule has 0 bridgehead atoms. The molecule has 216 valence electrons. The molecular formula is C30H32N8O4. The number of nitrogens with one attached hydrogen (secondary N) is 4. The van der Waals surface area contributed by atoms with E-state index in [4.69, 9.17) is 9.73 Å². The summed E-state index contributed by atoms with van der Waals surface area (Å²) in [4.78, 5) is 55.2. The van der Waals surface area contributed by atoms with Gasteiger partial charge in [-0.05, 0) is 30.5 Å². The number of carbonyl (C=O) groups is 3. The van der Waals surface area contributed by atoms with Crippen LogP contribution in [0.25, 0.3) is 21.7 Å². The molecule has 6 rings (SSSR count). The minimum absolute atomic E-state index is 0.131. The molecular weight excluding hydrogens is 536 g/mol. The summed E-state index contributed by atoms with van der Waals surface area (Å²) < 4.78 is 5.59. The van der Waals surface area contributed by atoms with E-state index in [2.05, 4.69) is 37.1 Å². The summed E-state index contributed by atoms with van der Waals surface area (Å²) in [5.41, 5.74) is 6.75. The Balaban J connectivity index is 1.23. The summed E-state index contributed by atoms with van der Waals surface area (Å²) in [6.45, 7) is 3.73. The smallest absolute Gasteiger partial charge is 0.295 e.